The molecule has 8 heteroatoms. The van der Waals surface area contributed by atoms with Gasteiger partial charge in [0, 0.05) is 28.8 Å². The molecule has 0 aliphatic rings. The number of benzene rings is 4. The van der Waals surface area contributed by atoms with Crippen molar-refractivity contribution >= 4 is 39.3 Å². The summed E-state index contributed by atoms with van der Waals surface area (Å²) in [6.45, 7) is 6.85. The van der Waals surface area contributed by atoms with Crippen molar-refractivity contribution in [3.8, 4) is 5.75 Å². The number of nitrogens with one attached hydrogen (secondary N) is 3. The Morgan fingerprint density at radius 2 is 1.27 bits per heavy atom. The molecule has 0 fully saturated rings. The van der Waals surface area contributed by atoms with Crippen LogP contribution in [0.1, 0.15) is 63.0 Å². The molecule has 3 amide bonds. The average molecular weight is 615 g/mol. The normalized spacial score (nSPS) is 10.9. The lowest BCUT2D eigenvalue weighted by atomic mass is 9.87. The van der Waals surface area contributed by atoms with Crippen molar-refractivity contribution < 1.29 is 19.1 Å². The Morgan fingerprint density at radius 3 is 1.88 bits per heavy atom. The maximum atomic E-state index is 12.6. The van der Waals surface area contributed by atoms with Crippen molar-refractivity contribution in [2.45, 2.75) is 32.6 Å². The average Bonchev–Trinajstić information content (AvgIpc) is 2.97. The SMILES string of the molecule is CC(C)(C)c1ccc(C(=O)Nc2ccc(C(=O)NNC(=O)c3ccc(OCCc4ccccc4)c(Br)c3)cc2)cc1. The zero-order valence-corrected chi connectivity index (χ0v) is 24.7. The number of halogens is 1. The highest BCUT2D eigenvalue weighted by atomic mass is 79.9. The molecule has 210 valence electrons. The summed E-state index contributed by atoms with van der Waals surface area (Å²) in [6.07, 6.45) is 0.764. The van der Waals surface area contributed by atoms with E-state index in [2.05, 4.69) is 52.9 Å². The summed E-state index contributed by atoms with van der Waals surface area (Å²) >= 11 is 3.45. The molecule has 0 saturated carbocycles. The van der Waals surface area contributed by atoms with E-state index < -0.39 is 11.8 Å². The number of carbonyl (C=O) groups is 3. The van der Waals surface area contributed by atoms with Gasteiger partial charge in [0.05, 0.1) is 11.1 Å². The highest BCUT2D eigenvalue weighted by Gasteiger charge is 2.15. The molecule has 0 heterocycles. The molecule has 0 aliphatic heterocycles. The first-order chi connectivity index (χ1) is 19.6. The highest BCUT2D eigenvalue weighted by Crippen LogP contribution is 2.26. The second-order valence-electron chi connectivity index (χ2n) is 10.5. The topological polar surface area (TPSA) is 96.5 Å². The van der Waals surface area contributed by atoms with Gasteiger partial charge in [0.15, 0.2) is 0 Å². The third-order valence-corrected chi connectivity index (χ3v) is 7.01. The third kappa shape index (κ3) is 8.28. The predicted octanol–water partition coefficient (Wildman–Crippen LogP) is 6.70. The van der Waals surface area contributed by atoms with Gasteiger partial charge in [-0.1, -0.05) is 63.2 Å². The van der Waals surface area contributed by atoms with Crippen LogP contribution in [0.15, 0.2) is 102 Å². The largest absolute Gasteiger partial charge is 0.492 e. The molecule has 0 bridgehead atoms. The number of ether oxygens (including phenoxy) is 1. The van der Waals surface area contributed by atoms with Gasteiger partial charge in [0.2, 0.25) is 0 Å². The van der Waals surface area contributed by atoms with Gasteiger partial charge in [-0.3, -0.25) is 25.2 Å². The predicted molar refractivity (Wildman–Crippen MR) is 164 cm³/mol. The first-order valence-electron chi connectivity index (χ1n) is 13.2. The third-order valence-electron chi connectivity index (χ3n) is 6.39. The molecule has 0 unspecified atom stereocenters. The van der Waals surface area contributed by atoms with Crippen LogP contribution in [0.4, 0.5) is 5.69 Å². The Labute approximate surface area is 248 Å². The summed E-state index contributed by atoms with van der Waals surface area (Å²) in [6, 6.07) is 28.9. The van der Waals surface area contributed by atoms with Crippen LogP contribution in [-0.4, -0.2) is 24.3 Å². The van der Waals surface area contributed by atoms with E-state index in [1.807, 2.05) is 42.5 Å². The molecular weight excluding hydrogens is 582 g/mol. The van der Waals surface area contributed by atoms with E-state index in [1.54, 1.807) is 54.6 Å². The van der Waals surface area contributed by atoms with E-state index >= 15 is 0 Å². The van der Waals surface area contributed by atoms with Gasteiger partial charge in [-0.2, -0.15) is 0 Å². The molecule has 4 aromatic rings. The lowest BCUT2D eigenvalue weighted by molar-refractivity contribution is 0.0846. The second-order valence-corrected chi connectivity index (χ2v) is 11.4. The maximum Gasteiger partial charge on any atom is 0.269 e. The Morgan fingerprint density at radius 1 is 0.707 bits per heavy atom. The van der Waals surface area contributed by atoms with Crippen molar-refractivity contribution in [3.63, 3.8) is 0 Å². The highest BCUT2D eigenvalue weighted by molar-refractivity contribution is 9.10. The Balaban J connectivity index is 1.26. The van der Waals surface area contributed by atoms with E-state index in [0.717, 1.165) is 12.0 Å². The molecule has 0 radical (unpaired) electrons. The number of carbonyl (C=O) groups excluding carboxylic acids is 3. The van der Waals surface area contributed by atoms with Crippen LogP contribution in [0.25, 0.3) is 0 Å². The monoisotopic (exact) mass is 613 g/mol. The van der Waals surface area contributed by atoms with E-state index in [1.165, 1.54) is 5.56 Å². The van der Waals surface area contributed by atoms with Crippen LogP contribution in [0, 0.1) is 0 Å². The Hall–Kier alpha value is -4.43. The van der Waals surface area contributed by atoms with Gasteiger partial charge in [0.25, 0.3) is 17.7 Å². The molecule has 41 heavy (non-hydrogen) atoms. The van der Waals surface area contributed by atoms with Gasteiger partial charge in [0.1, 0.15) is 5.75 Å². The molecule has 4 rings (SSSR count). The van der Waals surface area contributed by atoms with Crippen molar-refractivity contribution in [1.82, 2.24) is 10.9 Å². The number of hydrogen-bond acceptors (Lipinski definition) is 4. The number of anilines is 1. The molecule has 7 nitrogen and oxygen atoms in total. The van der Waals surface area contributed by atoms with Crippen LogP contribution in [0.2, 0.25) is 0 Å². The first kappa shape index (κ1) is 29.6. The summed E-state index contributed by atoms with van der Waals surface area (Å²) in [5.74, 6) is -0.588. The second kappa shape index (κ2) is 13.3. The van der Waals surface area contributed by atoms with Crippen LogP contribution in [-0.2, 0) is 11.8 Å². The van der Waals surface area contributed by atoms with Crippen molar-refractivity contribution in [1.29, 1.82) is 0 Å². The van der Waals surface area contributed by atoms with Gasteiger partial charge in [-0.25, -0.2) is 0 Å². The minimum absolute atomic E-state index is 0.00400. The fourth-order valence-electron chi connectivity index (χ4n) is 3.97. The van der Waals surface area contributed by atoms with Gasteiger partial charge in [-0.15, -0.1) is 0 Å². The fraction of sp³-hybridized carbons (Fsp3) is 0.182. The molecule has 3 N–H and O–H groups in total. The van der Waals surface area contributed by atoms with Crippen molar-refractivity contribution in [3.05, 3.63) is 129 Å². The molecular formula is C33H32BrN3O4. The summed E-state index contributed by atoms with van der Waals surface area (Å²) in [4.78, 5) is 37.8. The van der Waals surface area contributed by atoms with E-state index in [9.17, 15) is 14.4 Å². The smallest absolute Gasteiger partial charge is 0.269 e. The molecule has 0 spiro atoms. The Bertz CT molecular complexity index is 1510. The lowest BCUT2D eigenvalue weighted by Crippen LogP contribution is -2.41. The standard InChI is InChI=1S/C33H32BrN3O4/c1-33(2,3)26-14-9-23(10-15-26)30(38)35-27-16-11-24(12-17-27)31(39)36-37-32(40)25-13-18-29(28(34)21-25)41-20-19-22-7-5-4-6-8-22/h4-18,21H,19-20H2,1-3H3,(H,35,38)(H,36,39)(H,37,40). The quantitative estimate of drug-likeness (QED) is 0.193. The van der Waals surface area contributed by atoms with E-state index in [-0.39, 0.29) is 11.3 Å². The van der Waals surface area contributed by atoms with Crippen LogP contribution in [0.3, 0.4) is 0 Å². The maximum absolute atomic E-state index is 12.6. The van der Waals surface area contributed by atoms with Crippen LogP contribution in [0.5, 0.6) is 5.75 Å². The van der Waals surface area contributed by atoms with Crippen molar-refractivity contribution in [2.24, 2.45) is 0 Å². The first-order valence-corrected chi connectivity index (χ1v) is 14.0. The summed E-state index contributed by atoms with van der Waals surface area (Å²) < 4.78 is 6.46. The van der Waals surface area contributed by atoms with E-state index in [4.69, 9.17) is 4.74 Å². The Kier molecular flexibility index (Phi) is 9.57. The van der Waals surface area contributed by atoms with Gasteiger partial charge in [-0.05, 0) is 87.1 Å². The number of hydrazine groups is 1. The molecule has 4 aromatic carbocycles. The summed E-state index contributed by atoms with van der Waals surface area (Å²) in [7, 11) is 0. The number of amides is 3. The number of rotatable bonds is 8. The van der Waals surface area contributed by atoms with Crippen LogP contribution < -0.4 is 20.9 Å². The van der Waals surface area contributed by atoms with Gasteiger partial charge < -0.3 is 10.1 Å². The summed E-state index contributed by atoms with van der Waals surface area (Å²) in [5, 5.41) is 2.83. The van der Waals surface area contributed by atoms with Gasteiger partial charge >= 0.3 is 0 Å². The molecule has 0 aliphatic carbocycles. The number of hydrogen-bond donors (Lipinski definition) is 3. The lowest BCUT2D eigenvalue weighted by Gasteiger charge is -2.19. The minimum atomic E-state index is -0.492. The fourth-order valence-corrected chi connectivity index (χ4v) is 4.46. The molecule has 0 saturated heterocycles. The summed E-state index contributed by atoms with van der Waals surface area (Å²) in [5.41, 5.74) is 8.92. The minimum Gasteiger partial charge on any atom is -0.492 e. The van der Waals surface area contributed by atoms with Crippen molar-refractivity contribution in [2.75, 3.05) is 11.9 Å². The molecule has 0 atom stereocenters. The van der Waals surface area contributed by atoms with Crippen LogP contribution >= 0.6 is 15.9 Å². The zero-order chi connectivity index (χ0) is 29.4. The van der Waals surface area contributed by atoms with E-state index in [0.29, 0.717) is 39.2 Å². The molecule has 0 aromatic heterocycles. The zero-order valence-electron chi connectivity index (χ0n) is 23.2.